The molecule has 2 heteroatoms. The highest BCUT2D eigenvalue weighted by Gasteiger charge is 1.99. The molecule has 0 spiro atoms. The van der Waals surface area contributed by atoms with Gasteiger partial charge in [-0.05, 0) is 17.5 Å². The zero-order chi connectivity index (χ0) is 10.2. The Morgan fingerprint density at radius 2 is 1.93 bits per heavy atom. The number of halogens is 1. The molecule has 0 radical (unpaired) electrons. The maximum absolute atomic E-state index is 5.58. The van der Waals surface area contributed by atoms with Crippen molar-refractivity contribution in [3.05, 3.63) is 35.4 Å². The number of rotatable bonds is 6. The molecule has 0 aliphatic rings. The number of hydrogen-bond acceptors (Lipinski definition) is 1. The lowest BCUT2D eigenvalue weighted by molar-refractivity contribution is 0.117. The van der Waals surface area contributed by atoms with Crippen molar-refractivity contribution in [1.29, 1.82) is 0 Å². The summed E-state index contributed by atoms with van der Waals surface area (Å²) >= 11 is 3.48. The molecule has 78 valence electrons. The van der Waals surface area contributed by atoms with Crippen LogP contribution in [0.4, 0.5) is 0 Å². The Hall–Kier alpha value is -0.340. The standard InChI is InChI=1S/C12H17BrO/c1-2-3-8-14-10-12-7-5-4-6-11(12)9-13/h4-7H,2-3,8-10H2,1H3. The minimum absolute atomic E-state index is 0.738. The second-order valence-corrected chi connectivity index (χ2v) is 3.87. The van der Waals surface area contributed by atoms with Crippen LogP contribution in [0.25, 0.3) is 0 Å². The topological polar surface area (TPSA) is 9.23 Å². The van der Waals surface area contributed by atoms with E-state index in [0.717, 1.165) is 25.0 Å². The SMILES string of the molecule is CCCCOCc1ccccc1CBr. The highest BCUT2D eigenvalue weighted by Crippen LogP contribution is 2.13. The molecule has 0 bridgehead atoms. The molecule has 0 heterocycles. The fraction of sp³-hybridized carbons (Fsp3) is 0.500. The van der Waals surface area contributed by atoms with Crippen LogP contribution in [0.3, 0.4) is 0 Å². The number of hydrogen-bond donors (Lipinski definition) is 0. The summed E-state index contributed by atoms with van der Waals surface area (Å²) in [5, 5.41) is 0.903. The fourth-order valence-corrected chi connectivity index (χ4v) is 1.80. The summed E-state index contributed by atoms with van der Waals surface area (Å²) in [5.41, 5.74) is 2.62. The average Bonchev–Trinajstić information content (AvgIpc) is 2.25. The van der Waals surface area contributed by atoms with E-state index in [9.17, 15) is 0 Å². The first-order valence-corrected chi connectivity index (χ1v) is 6.21. The van der Waals surface area contributed by atoms with E-state index >= 15 is 0 Å². The summed E-state index contributed by atoms with van der Waals surface area (Å²) in [5.74, 6) is 0. The molecule has 0 unspecified atom stereocenters. The Morgan fingerprint density at radius 1 is 1.21 bits per heavy atom. The molecule has 14 heavy (non-hydrogen) atoms. The van der Waals surface area contributed by atoms with E-state index in [4.69, 9.17) is 4.74 Å². The highest BCUT2D eigenvalue weighted by atomic mass is 79.9. The molecule has 0 N–H and O–H groups in total. The first-order valence-electron chi connectivity index (χ1n) is 5.09. The van der Waals surface area contributed by atoms with Crippen LogP contribution in [0, 0.1) is 0 Å². The third-order valence-corrected chi connectivity index (χ3v) is 2.77. The predicted octanol–water partition coefficient (Wildman–Crippen LogP) is 3.90. The van der Waals surface area contributed by atoms with Gasteiger partial charge in [0, 0.05) is 11.9 Å². The zero-order valence-electron chi connectivity index (χ0n) is 8.63. The van der Waals surface area contributed by atoms with Crippen molar-refractivity contribution in [2.24, 2.45) is 0 Å². The van der Waals surface area contributed by atoms with Crippen LogP contribution in [0.1, 0.15) is 30.9 Å². The molecule has 0 aromatic heterocycles. The summed E-state index contributed by atoms with van der Waals surface area (Å²) < 4.78 is 5.58. The van der Waals surface area contributed by atoms with Gasteiger partial charge in [-0.2, -0.15) is 0 Å². The van der Waals surface area contributed by atoms with Crippen LogP contribution in [0.15, 0.2) is 24.3 Å². The lowest BCUT2D eigenvalue weighted by Crippen LogP contribution is -1.97. The largest absolute Gasteiger partial charge is 0.377 e. The molecule has 0 atom stereocenters. The minimum Gasteiger partial charge on any atom is -0.377 e. The number of ether oxygens (including phenoxy) is 1. The van der Waals surface area contributed by atoms with Gasteiger partial charge in [-0.1, -0.05) is 53.5 Å². The van der Waals surface area contributed by atoms with Crippen molar-refractivity contribution in [3.8, 4) is 0 Å². The van der Waals surface area contributed by atoms with Crippen molar-refractivity contribution in [2.75, 3.05) is 6.61 Å². The van der Waals surface area contributed by atoms with E-state index in [0.29, 0.717) is 0 Å². The Balaban J connectivity index is 2.41. The van der Waals surface area contributed by atoms with Crippen LogP contribution in [-0.4, -0.2) is 6.61 Å². The molecule has 0 fully saturated rings. The Kier molecular flexibility index (Phi) is 5.88. The molecular formula is C12H17BrO. The van der Waals surface area contributed by atoms with E-state index in [1.54, 1.807) is 0 Å². The molecular weight excluding hydrogens is 240 g/mol. The molecule has 1 nitrogen and oxygen atoms in total. The van der Waals surface area contributed by atoms with E-state index < -0.39 is 0 Å². The summed E-state index contributed by atoms with van der Waals surface area (Å²) in [6, 6.07) is 8.38. The van der Waals surface area contributed by atoms with Crippen LogP contribution in [-0.2, 0) is 16.7 Å². The fourth-order valence-electron chi connectivity index (χ4n) is 1.26. The normalized spacial score (nSPS) is 10.4. The van der Waals surface area contributed by atoms with Crippen molar-refractivity contribution in [2.45, 2.75) is 31.7 Å². The zero-order valence-corrected chi connectivity index (χ0v) is 10.2. The Labute approximate surface area is 94.6 Å². The maximum Gasteiger partial charge on any atom is 0.0719 e. The highest BCUT2D eigenvalue weighted by molar-refractivity contribution is 9.08. The molecule has 0 amide bonds. The monoisotopic (exact) mass is 256 g/mol. The number of unbranched alkanes of at least 4 members (excludes halogenated alkanes) is 1. The van der Waals surface area contributed by atoms with Gasteiger partial charge in [0.1, 0.15) is 0 Å². The smallest absolute Gasteiger partial charge is 0.0719 e. The first kappa shape index (κ1) is 11.7. The summed E-state index contributed by atoms with van der Waals surface area (Å²) in [7, 11) is 0. The second kappa shape index (κ2) is 7.02. The van der Waals surface area contributed by atoms with Crippen LogP contribution < -0.4 is 0 Å². The van der Waals surface area contributed by atoms with Gasteiger partial charge in [0.25, 0.3) is 0 Å². The average molecular weight is 257 g/mol. The third-order valence-electron chi connectivity index (χ3n) is 2.16. The predicted molar refractivity (Wildman–Crippen MR) is 63.6 cm³/mol. The molecule has 1 aromatic rings. The first-order chi connectivity index (χ1) is 6.88. The number of benzene rings is 1. The van der Waals surface area contributed by atoms with E-state index in [1.165, 1.54) is 17.5 Å². The minimum atomic E-state index is 0.738. The lowest BCUT2D eigenvalue weighted by atomic mass is 10.1. The molecule has 0 aliphatic carbocycles. The van der Waals surface area contributed by atoms with Crippen molar-refractivity contribution in [1.82, 2.24) is 0 Å². The number of alkyl halides is 1. The Bertz CT molecular complexity index is 260. The van der Waals surface area contributed by atoms with Crippen LogP contribution >= 0.6 is 15.9 Å². The van der Waals surface area contributed by atoms with Crippen molar-refractivity contribution < 1.29 is 4.74 Å². The van der Waals surface area contributed by atoms with Gasteiger partial charge in [-0.3, -0.25) is 0 Å². The molecule has 0 saturated heterocycles. The van der Waals surface area contributed by atoms with Crippen LogP contribution in [0.2, 0.25) is 0 Å². The van der Waals surface area contributed by atoms with Gasteiger partial charge in [-0.25, -0.2) is 0 Å². The molecule has 0 saturated carbocycles. The maximum atomic E-state index is 5.58. The van der Waals surface area contributed by atoms with Gasteiger partial charge in [0.2, 0.25) is 0 Å². The summed E-state index contributed by atoms with van der Waals surface area (Å²) in [6.07, 6.45) is 2.34. The van der Waals surface area contributed by atoms with Gasteiger partial charge in [0.05, 0.1) is 6.61 Å². The van der Waals surface area contributed by atoms with Gasteiger partial charge in [0.15, 0.2) is 0 Å². The summed E-state index contributed by atoms with van der Waals surface area (Å²) in [4.78, 5) is 0. The molecule has 0 aliphatic heterocycles. The lowest BCUT2D eigenvalue weighted by Gasteiger charge is -2.07. The van der Waals surface area contributed by atoms with E-state index in [1.807, 2.05) is 0 Å². The van der Waals surface area contributed by atoms with Crippen molar-refractivity contribution >= 4 is 15.9 Å². The third kappa shape index (κ3) is 3.81. The molecule has 1 rings (SSSR count). The van der Waals surface area contributed by atoms with Crippen molar-refractivity contribution in [3.63, 3.8) is 0 Å². The van der Waals surface area contributed by atoms with Gasteiger partial charge in [-0.15, -0.1) is 0 Å². The second-order valence-electron chi connectivity index (χ2n) is 3.31. The quantitative estimate of drug-likeness (QED) is 0.554. The summed E-state index contributed by atoms with van der Waals surface area (Å²) in [6.45, 7) is 3.78. The van der Waals surface area contributed by atoms with E-state index in [-0.39, 0.29) is 0 Å². The van der Waals surface area contributed by atoms with Gasteiger partial charge < -0.3 is 4.74 Å². The van der Waals surface area contributed by atoms with E-state index in [2.05, 4.69) is 47.1 Å². The van der Waals surface area contributed by atoms with Gasteiger partial charge >= 0.3 is 0 Å². The van der Waals surface area contributed by atoms with Crippen LogP contribution in [0.5, 0.6) is 0 Å². The molecule has 1 aromatic carbocycles. The Morgan fingerprint density at radius 3 is 2.57 bits per heavy atom.